The molecule has 1 nitrogen and oxygen atoms in total. The summed E-state index contributed by atoms with van der Waals surface area (Å²) < 4.78 is 0. The Kier molecular flexibility index (Phi) is 2.07. The van der Waals surface area contributed by atoms with Crippen molar-refractivity contribution in [2.75, 3.05) is 0 Å². The summed E-state index contributed by atoms with van der Waals surface area (Å²) in [5.41, 5.74) is 6.11. The van der Waals surface area contributed by atoms with Gasteiger partial charge in [0.25, 0.3) is 0 Å². The zero-order chi connectivity index (χ0) is 3.58. The normalized spacial score (nSPS) is 9.00. The van der Waals surface area contributed by atoms with Crippen LogP contribution in [-0.2, 0) is 0 Å². The van der Waals surface area contributed by atoms with Gasteiger partial charge in [-0.3, -0.25) is 0 Å². The zero-order valence-electron chi connectivity index (χ0n) is 1.83. The second kappa shape index (κ2) is 1.82. The first-order valence-electron chi connectivity index (χ1n) is 0.725. The van der Waals surface area contributed by atoms with E-state index in [1.54, 1.807) is 0 Å². The summed E-state index contributed by atoms with van der Waals surface area (Å²) in [4.78, 5) is -0.972. The van der Waals surface area contributed by atoms with Gasteiger partial charge in [0, 0.05) is 0 Å². The van der Waals surface area contributed by atoms with Crippen molar-refractivity contribution in [3.8, 4) is 0 Å². The van der Waals surface area contributed by atoms with Gasteiger partial charge in [-0.1, -0.05) is 23.2 Å². The molecular formula is CH2Cl2N. The van der Waals surface area contributed by atoms with E-state index in [-0.39, 0.29) is 0 Å². The third-order valence-electron chi connectivity index (χ3n) is 0. The average Bonchev–Trinajstić information content (AvgIpc) is 0.811. The summed E-state index contributed by atoms with van der Waals surface area (Å²) >= 11 is 9.41. The van der Waals surface area contributed by atoms with Crippen LogP contribution in [0.4, 0.5) is 0 Å². The first-order chi connectivity index (χ1) is 1.73. The molecule has 1 N–H and O–H groups in total. The SMILES string of the molecule is [NH]C(Cl)Cl. The molecule has 0 saturated heterocycles. The van der Waals surface area contributed by atoms with Crippen molar-refractivity contribution in [1.82, 2.24) is 5.73 Å². The van der Waals surface area contributed by atoms with Crippen LogP contribution in [-0.4, -0.2) is 4.96 Å². The van der Waals surface area contributed by atoms with Gasteiger partial charge in [-0.05, 0) is 0 Å². The molecule has 0 aromatic rings. The van der Waals surface area contributed by atoms with Crippen LogP contribution in [0.5, 0.6) is 0 Å². The van der Waals surface area contributed by atoms with Crippen molar-refractivity contribution >= 4 is 23.2 Å². The molecule has 25 valence electrons. The van der Waals surface area contributed by atoms with E-state index in [1.165, 1.54) is 0 Å². The molecule has 0 spiro atoms. The Morgan fingerprint density at radius 3 is 1.50 bits per heavy atom. The highest BCUT2D eigenvalue weighted by molar-refractivity contribution is 6.43. The fraction of sp³-hybridized carbons (Fsp3) is 1.00. The van der Waals surface area contributed by atoms with Crippen LogP contribution < -0.4 is 5.73 Å². The molecule has 0 heterocycles. The molecule has 0 bridgehead atoms. The van der Waals surface area contributed by atoms with E-state index in [2.05, 4.69) is 0 Å². The smallest absolute Gasteiger partial charge is 0.170 e. The molecule has 0 aliphatic rings. The largest absolute Gasteiger partial charge is 0.225 e. The third-order valence-corrected chi connectivity index (χ3v) is 0. The molecule has 0 aromatic heterocycles. The Morgan fingerprint density at radius 1 is 1.50 bits per heavy atom. The number of hydrogen-bond donors (Lipinski definition) is 0. The van der Waals surface area contributed by atoms with Gasteiger partial charge in [0.1, 0.15) is 0 Å². The number of halogens is 2. The first-order valence-corrected chi connectivity index (χ1v) is 1.60. The monoisotopic (exact) mass is 98.0 g/mol. The molecule has 0 rings (SSSR count). The first kappa shape index (κ1) is 4.54. The van der Waals surface area contributed by atoms with E-state index in [0.717, 1.165) is 0 Å². The molecule has 0 fully saturated rings. The van der Waals surface area contributed by atoms with Crippen LogP contribution >= 0.6 is 23.2 Å². The number of rotatable bonds is 0. The van der Waals surface area contributed by atoms with Gasteiger partial charge in [-0.15, -0.1) is 0 Å². The molecule has 0 unspecified atom stereocenters. The Hall–Kier alpha value is 0.540. The maximum Gasteiger partial charge on any atom is 0.170 e. The lowest BCUT2D eigenvalue weighted by Gasteiger charge is -1.72. The molecule has 0 atom stereocenters. The molecule has 0 aliphatic carbocycles. The summed E-state index contributed by atoms with van der Waals surface area (Å²) in [6, 6.07) is 0. The van der Waals surface area contributed by atoms with Crippen molar-refractivity contribution in [1.29, 1.82) is 0 Å². The maximum atomic E-state index is 6.11. The van der Waals surface area contributed by atoms with E-state index in [9.17, 15) is 0 Å². The molecule has 0 saturated carbocycles. The van der Waals surface area contributed by atoms with Gasteiger partial charge in [0.15, 0.2) is 4.96 Å². The molecule has 0 aromatic carbocycles. The van der Waals surface area contributed by atoms with E-state index >= 15 is 0 Å². The molecular weight excluding hydrogens is 96.9 g/mol. The second-order valence-electron chi connectivity index (χ2n) is 0.301. The van der Waals surface area contributed by atoms with E-state index in [0.29, 0.717) is 0 Å². The van der Waals surface area contributed by atoms with Crippen LogP contribution in [0.1, 0.15) is 0 Å². The van der Waals surface area contributed by atoms with E-state index < -0.39 is 4.96 Å². The summed E-state index contributed by atoms with van der Waals surface area (Å²) in [6.07, 6.45) is 0. The van der Waals surface area contributed by atoms with Crippen LogP contribution in [0.3, 0.4) is 0 Å². The minimum absolute atomic E-state index is 0.972. The second-order valence-corrected chi connectivity index (χ2v) is 1.40. The third kappa shape index (κ3) is 20.7. The summed E-state index contributed by atoms with van der Waals surface area (Å²) in [5, 5.41) is 0. The van der Waals surface area contributed by atoms with Crippen LogP contribution in [0.15, 0.2) is 0 Å². The highest BCUT2D eigenvalue weighted by Gasteiger charge is 1.76. The lowest BCUT2D eigenvalue weighted by Crippen LogP contribution is -1.78. The fourth-order valence-electron chi connectivity index (χ4n) is 0. The van der Waals surface area contributed by atoms with Crippen molar-refractivity contribution in [2.45, 2.75) is 4.96 Å². The van der Waals surface area contributed by atoms with Crippen LogP contribution in [0.25, 0.3) is 0 Å². The lowest BCUT2D eigenvalue weighted by molar-refractivity contribution is 1.21. The quantitative estimate of drug-likeness (QED) is 0.320. The number of hydrogen-bond acceptors (Lipinski definition) is 0. The highest BCUT2D eigenvalue weighted by atomic mass is 35.5. The van der Waals surface area contributed by atoms with Crippen LogP contribution in [0, 0.1) is 0 Å². The summed E-state index contributed by atoms with van der Waals surface area (Å²) in [7, 11) is 0. The molecule has 0 aliphatic heterocycles. The van der Waals surface area contributed by atoms with Gasteiger partial charge >= 0.3 is 0 Å². The maximum absolute atomic E-state index is 6.11. The number of nitrogens with one attached hydrogen (secondary N) is 1. The summed E-state index contributed by atoms with van der Waals surface area (Å²) in [5.74, 6) is 0. The Balaban J connectivity index is 2.32. The lowest BCUT2D eigenvalue weighted by atomic mass is 11.5. The van der Waals surface area contributed by atoms with Gasteiger partial charge in [0.2, 0.25) is 0 Å². The van der Waals surface area contributed by atoms with Crippen molar-refractivity contribution in [2.24, 2.45) is 0 Å². The minimum Gasteiger partial charge on any atom is -0.225 e. The minimum atomic E-state index is -0.972. The predicted octanol–water partition coefficient (Wildman–Crippen LogP) is 1.03. The van der Waals surface area contributed by atoms with Gasteiger partial charge in [-0.2, -0.15) is 0 Å². The predicted molar refractivity (Wildman–Crippen MR) is 18.6 cm³/mol. The fourth-order valence-corrected chi connectivity index (χ4v) is 0. The molecule has 1 radical (unpaired) electrons. The van der Waals surface area contributed by atoms with Crippen molar-refractivity contribution in [3.05, 3.63) is 0 Å². The molecule has 3 heteroatoms. The van der Waals surface area contributed by atoms with E-state index in [4.69, 9.17) is 28.9 Å². The Labute approximate surface area is 34.7 Å². The average molecular weight is 98.9 g/mol. The van der Waals surface area contributed by atoms with Crippen LogP contribution in [0.2, 0.25) is 0 Å². The van der Waals surface area contributed by atoms with E-state index in [1.807, 2.05) is 0 Å². The topological polar surface area (TPSA) is 23.8 Å². The Morgan fingerprint density at radius 2 is 1.50 bits per heavy atom. The Bertz CT molecular complexity index is 10.8. The molecule has 4 heavy (non-hydrogen) atoms. The number of alkyl halides is 2. The van der Waals surface area contributed by atoms with Crippen molar-refractivity contribution < 1.29 is 0 Å². The van der Waals surface area contributed by atoms with Gasteiger partial charge in [0.05, 0.1) is 0 Å². The summed E-state index contributed by atoms with van der Waals surface area (Å²) in [6.45, 7) is 0. The van der Waals surface area contributed by atoms with Gasteiger partial charge in [-0.25, -0.2) is 5.73 Å². The molecule has 0 amide bonds. The zero-order valence-corrected chi connectivity index (χ0v) is 3.35. The van der Waals surface area contributed by atoms with Crippen molar-refractivity contribution in [3.63, 3.8) is 0 Å². The standard InChI is InChI=1S/CH2Cl2N/c2-1(3)4/h1,4H. The van der Waals surface area contributed by atoms with Gasteiger partial charge < -0.3 is 0 Å². The highest BCUT2D eigenvalue weighted by Crippen LogP contribution is 1.89.